The van der Waals surface area contributed by atoms with Crippen molar-refractivity contribution in [3.63, 3.8) is 0 Å². The quantitative estimate of drug-likeness (QED) is 0.155. The maximum Gasteiger partial charge on any atom is 0.414 e. The Labute approximate surface area is 276 Å². The molecule has 1 saturated carbocycles. The minimum absolute atomic E-state index is 0.116. The summed E-state index contributed by atoms with van der Waals surface area (Å²) >= 11 is 12.7. The normalized spacial score (nSPS) is 16.4. The average Bonchev–Trinajstić information content (AvgIpc) is 3.69. The van der Waals surface area contributed by atoms with Gasteiger partial charge in [0.15, 0.2) is 0 Å². The first-order chi connectivity index (χ1) is 22.3. The molecular formula is C34H33Cl2N3O7. The zero-order valence-electron chi connectivity index (χ0n) is 25.2. The first-order valence-electron chi connectivity index (χ1n) is 15.0. The molecule has 1 amide bonds. The van der Waals surface area contributed by atoms with Gasteiger partial charge in [-0.2, -0.15) is 5.10 Å². The number of rotatable bonds is 13. The highest BCUT2D eigenvalue weighted by molar-refractivity contribution is 6.31. The Morgan fingerprint density at radius 3 is 2.67 bits per heavy atom. The van der Waals surface area contributed by atoms with E-state index in [1.54, 1.807) is 23.1 Å². The molecule has 3 aromatic carbocycles. The van der Waals surface area contributed by atoms with Gasteiger partial charge < -0.3 is 24.1 Å². The molecule has 1 fully saturated rings. The second-order valence-corrected chi connectivity index (χ2v) is 12.1. The van der Waals surface area contributed by atoms with Crippen LogP contribution in [0.4, 0.5) is 10.5 Å². The molecule has 0 radical (unpaired) electrons. The number of aliphatic carboxylic acids is 1. The van der Waals surface area contributed by atoms with Gasteiger partial charge in [-0.1, -0.05) is 41.4 Å². The third-order valence-electron chi connectivity index (χ3n) is 8.10. The zero-order valence-corrected chi connectivity index (χ0v) is 26.7. The van der Waals surface area contributed by atoms with Gasteiger partial charge in [0, 0.05) is 33.9 Å². The molecule has 10 nitrogen and oxygen atoms in total. The van der Waals surface area contributed by atoms with E-state index in [1.165, 1.54) is 0 Å². The number of hydrogen-bond acceptors (Lipinski definition) is 7. The van der Waals surface area contributed by atoms with Crippen LogP contribution in [0.1, 0.15) is 29.0 Å². The predicted octanol–water partition coefficient (Wildman–Crippen LogP) is 6.83. The summed E-state index contributed by atoms with van der Waals surface area (Å²) in [5, 5.41) is 14.5. The van der Waals surface area contributed by atoms with Gasteiger partial charge in [-0.05, 0) is 78.3 Å². The Balaban J connectivity index is 1.11. The van der Waals surface area contributed by atoms with Crippen LogP contribution in [-0.2, 0) is 20.8 Å². The van der Waals surface area contributed by atoms with Crippen LogP contribution in [0.25, 0.3) is 11.1 Å². The van der Waals surface area contributed by atoms with E-state index in [9.17, 15) is 9.59 Å². The molecule has 2 atom stereocenters. The lowest BCUT2D eigenvalue weighted by molar-refractivity contribution is -0.142. The van der Waals surface area contributed by atoms with Crippen LogP contribution in [0.3, 0.4) is 0 Å². The number of carbonyl (C=O) groups is 2. The lowest BCUT2D eigenvalue weighted by Gasteiger charge is -2.29. The van der Waals surface area contributed by atoms with Gasteiger partial charge in [-0.25, -0.2) is 9.59 Å². The largest absolute Gasteiger partial charge is 0.491 e. The molecule has 0 unspecified atom stereocenters. The van der Waals surface area contributed by atoms with E-state index in [4.69, 9.17) is 47.3 Å². The monoisotopic (exact) mass is 665 g/mol. The number of hydrogen-bond donors (Lipinski definition) is 1. The Hall–Kier alpha value is -4.25. The van der Waals surface area contributed by atoms with Crippen molar-refractivity contribution >= 4 is 41.0 Å². The SMILES string of the molecule is Cc1c(Cl)cccc1OCCOC(=O)N1C[C@@H]2C[C@@H]2c2c(-c3cnn(Cc4cc(OCCOCC(=O)O)ccc4Cl)c3)cccc21. The van der Waals surface area contributed by atoms with Crippen LogP contribution in [0.2, 0.25) is 10.0 Å². The molecule has 0 spiro atoms. The fourth-order valence-corrected chi connectivity index (χ4v) is 6.09. The van der Waals surface area contributed by atoms with Crippen LogP contribution in [0.15, 0.2) is 67.0 Å². The van der Waals surface area contributed by atoms with Gasteiger partial charge >= 0.3 is 12.1 Å². The Morgan fingerprint density at radius 2 is 1.83 bits per heavy atom. The van der Waals surface area contributed by atoms with Crippen LogP contribution in [-0.4, -0.2) is 66.5 Å². The van der Waals surface area contributed by atoms with Crippen molar-refractivity contribution in [1.29, 1.82) is 0 Å². The van der Waals surface area contributed by atoms with E-state index in [0.29, 0.717) is 46.5 Å². The molecule has 46 heavy (non-hydrogen) atoms. The third-order valence-corrected chi connectivity index (χ3v) is 8.88. The van der Waals surface area contributed by atoms with E-state index in [0.717, 1.165) is 39.9 Å². The van der Waals surface area contributed by atoms with Crippen LogP contribution >= 0.6 is 23.2 Å². The van der Waals surface area contributed by atoms with Gasteiger partial charge in [0.05, 0.1) is 25.0 Å². The number of carbonyl (C=O) groups excluding carboxylic acids is 1. The number of amides is 1. The number of ether oxygens (including phenoxy) is 4. The molecule has 4 aromatic rings. The van der Waals surface area contributed by atoms with Crippen molar-refractivity contribution in [1.82, 2.24) is 9.78 Å². The Bertz CT molecular complexity index is 1740. The van der Waals surface area contributed by atoms with Crippen molar-refractivity contribution in [3.05, 3.63) is 93.7 Å². The summed E-state index contributed by atoms with van der Waals surface area (Å²) in [4.78, 5) is 25.6. The molecule has 240 valence electrons. The maximum atomic E-state index is 13.3. The smallest absolute Gasteiger partial charge is 0.414 e. The minimum Gasteiger partial charge on any atom is -0.491 e. The van der Waals surface area contributed by atoms with Crippen LogP contribution < -0.4 is 14.4 Å². The summed E-state index contributed by atoms with van der Waals surface area (Å²) in [5.41, 5.74) is 5.65. The fraction of sp³-hybridized carbons (Fsp3) is 0.324. The van der Waals surface area contributed by atoms with Crippen molar-refractivity contribution in [2.45, 2.75) is 25.8 Å². The van der Waals surface area contributed by atoms with Crippen molar-refractivity contribution in [2.75, 3.05) is 44.5 Å². The predicted molar refractivity (Wildman–Crippen MR) is 173 cm³/mol. The first-order valence-corrected chi connectivity index (χ1v) is 15.7. The molecule has 2 heterocycles. The van der Waals surface area contributed by atoms with Crippen LogP contribution in [0.5, 0.6) is 11.5 Å². The van der Waals surface area contributed by atoms with Crippen LogP contribution in [0, 0.1) is 12.8 Å². The zero-order chi connectivity index (χ0) is 32.2. The highest BCUT2D eigenvalue weighted by atomic mass is 35.5. The Morgan fingerprint density at radius 1 is 1.00 bits per heavy atom. The molecule has 1 aromatic heterocycles. The molecule has 12 heteroatoms. The van der Waals surface area contributed by atoms with E-state index in [1.807, 2.05) is 54.3 Å². The Kier molecular flexibility index (Phi) is 9.67. The van der Waals surface area contributed by atoms with E-state index >= 15 is 0 Å². The highest BCUT2D eigenvalue weighted by Gasteiger charge is 2.48. The first kappa shape index (κ1) is 31.7. The lowest BCUT2D eigenvalue weighted by atomic mass is 9.93. The van der Waals surface area contributed by atoms with E-state index in [-0.39, 0.29) is 33.0 Å². The van der Waals surface area contributed by atoms with Crippen molar-refractivity contribution in [2.24, 2.45) is 5.92 Å². The van der Waals surface area contributed by atoms with Gasteiger partial charge in [-0.3, -0.25) is 9.58 Å². The molecule has 0 saturated heterocycles. The second kappa shape index (κ2) is 14.0. The third kappa shape index (κ3) is 7.25. The number of aromatic nitrogens is 2. The lowest BCUT2D eigenvalue weighted by Crippen LogP contribution is -2.37. The number of benzene rings is 3. The molecule has 2 aliphatic rings. The summed E-state index contributed by atoms with van der Waals surface area (Å²) in [5.74, 6) is 1.01. The number of anilines is 1. The van der Waals surface area contributed by atoms with Gasteiger partial charge in [0.2, 0.25) is 0 Å². The number of fused-ring (bicyclic) bond motifs is 3. The maximum absolute atomic E-state index is 13.3. The molecule has 1 aliphatic carbocycles. The molecule has 0 bridgehead atoms. The number of carboxylic acids is 1. The molecular weight excluding hydrogens is 633 g/mol. The highest BCUT2D eigenvalue weighted by Crippen LogP contribution is 2.57. The van der Waals surface area contributed by atoms with E-state index < -0.39 is 12.1 Å². The minimum atomic E-state index is -1.03. The van der Waals surface area contributed by atoms with Crippen molar-refractivity contribution in [3.8, 4) is 22.6 Å². The molecule has 1 N–H and O–H groups in total. The average molecular weight is 667 g/mol. The van der Waals surface area contributed by atoms with Gasteiger partial charge in [-0.15, -0.1) is 0 Å². The second-order valence-electron chi connectivity index (χ2n) is 11.3. The summed E-state index contributed by atoms with van der Waals surface area (Å²) in [7, 11) is 0. The van der Waals surface area contributed by atoms with E-state index in [2.05, 4.69) is 11.2 Å². The number of nitrogens with zero attached hydrogens (tertiary/aromatic N) is 3. The number of carboxylic acid groups (broad SMARTS) is 1. The fourth-order valence-electron chi connectivity index (χ4n) is 5.74. The summed E-state index contributed by atoms with van der Waals surface area (Å²) in [6.45, 7) is 3.26. The topological polar surface area (TPSA) is 112 Å². The standard InChI is InChI=1S/C34H33Cl2N3O7/c1-21-28(35)5-3-7-31(21)45-12-13-46-34(42)39-19-22-15-27(22)33-26(4-2-6-30(33)39)24-16-37-38(18-24)17-23-14-25(8-9-29(23)36)44-11-10-43-20-32(40)41/h2-9,14,16,18,22,27H,10-13,15,17,19-20H2,1H3,(H,40,41)/t22-,27-/m0/s1. The molecule has 1 aliphatic heterocycles. The van der Waals surface area contributed by atoms with Gasteiger partial charge in [0.25, 0.3) is 0 Å². The number of halogens is 2. The summed E-state index contributed by atoms with van der Waals surface area (Å²) in [6, 6.07) is 16.8. The van der Waals surface area contributed by atoms with Gasteiger partial charge in [0.1, 0.15) is 37.9 Å². The van der Waals surface area contributed by atoms with Crippen molar-refractivity contribution < 1.29 is 33.6 Å². The molecule has 6 rings (SSSR count). The summed E-state index contributed by atoms with van der Waals surface area (Å²) < 4.78 is 24.0. The summed E-state index contributed by atoms with van der Waals surface area (Å²) in [6.07, 6.45) is 4.43.